The standard InChI is InChI=1S/C12H17N3O2/c1-9-2-4-11(14-13-9)15-7-6-10(8-15)3-5-12(16)17/h2,4,10H,3,5-8H2,1H3,(H,16,17). The van der Waals surface area contributed by atoms with E-state index in [1.807, 2.05) is 19.1 Å². The summed E-state index contributed by atoms with van der Waals surface area (Å²) in [6.45, 7) is 3.75. The van der Waals surface area contributed by atoms with Crippen molar-refractivity contribution in [2.45, 2.75) is 26.2 Å². The van der Waals surface area contributed by atoms with E-state index in [-0.39, 0.29) is 6.42 Å². The number of carbonyl (C=O) groups is 1. The second kappa shape index (κ2) is 5.12. The summed E-state index contributed by atoms with van der Waals surface area (Å²) < 4.78 is 0. The Kier molecular flexibility index (Phi) is 3.56. The highest BCUT2D eigenvalue weighted by molar-refractivity contribution is 5.66. The van der Waals surface area contributed by atoms with Gasteiger partial charge in [-0.2, -0.15) is 5.10 Å². The van der Waals surface area contributed by atoms with Gasteiger partial charge in [0.1, 0.15) is 0 Å². The van der Waals surface area contributed by atoms with E-state index in [9.17, 15) is 4.79 Å². The largest absolute Gasteiger partial charge is 0.481 e. The molecule has 2 rings (SSSR count). The van der Waals surface area contributed by atoms with E-state index in [2.05, 4.69) is 15.1 Å². The zero-order valence-electron chi connectivity index (χ0n) is 9.96. The Hall–Kier alpha value is -1.65. The van der Waals surface area contributed by atoms with Gasteiger partial charge < -0.3 is 10.0 Å². The van der Waals surface area contributed by atoms with Crippen molar-refractivity contribution in [2.24, 2.45) is 5.92 Å². The normalized spacial score (nSPS) is 19.6. The third-order valence-corrected chi connectivity index (χ3v) is 3.16. The predicted molar refractivity (Wildman–Crippen MR) is 64.0 cm³/mol. The molecule has 1 aliphatic heterocycles. The lowest BCUT2D eigenvalue weighted by Crippen LogP contribution is -2.21. The number of carboxylic acid groups (broad SMARTS) is 1. The highest BCUT2D eigenvalue weighted by Crippen LogP contribution is 2.24. The van der Waals surface area contributed by atoms with Gasteiger partial charge in [-0.3, -0.25) is 4.79 Å². The van der Waals surface area contributed by atoms with Crippen LogP contribution in [0.25, 0.3) is 0 Å². The van der Waals surface area contributed by atoms with Crippen LogP contribution in [0, 0.1) is 12.8 Å². The van der Waals surface area contributed by atoms with Gasteiger partial charge in [-0.05, 0) is 37.8 Å². The van der Waals surface area contributed by atoms with Crippen molar-refractivity contribution < 1.29 is 9.90 Å². The van der Waals surface area contributed by atoms with Crippen molar-refractivity contribution in [3.05, 3.63) is 17.8 Å². The van der Waals surface area contributed by atoms with Gasteiger partial charge in [0.25, 0.3) is 0 Å². The fourth-order valence-electron chi connectivity index (χ4n) is 2.16. The minimum absolute atomic E-state index is 0.262. The first-order chi connectivity index (χ1) is 8.15. The number of aromatic nitrogens is 2. The maximum atomic E-state index is 10.5. The lowest BCUT2D eigenvalue weighted by molar-refractivity contribution is -0.137. The molecule has 1 aliphatic rings. The van der Waals surface area contributed by atoms with Crippen molar-refractivity contribution in [2.75, 3.05) is 18.0 Å². The molecule has 1 fully saturated rings. The van der Waals surface area contributed by atoms with E-state index >= 15 is 0 Å². The predicted octanol–water partition coefficient (Wildman–Crippen LogP) is 1.48. The summed E-state index contributed by atoms with van der Waals surface area (Å²) in [6.07, 6.45) is 2.06. The summed E-state index contributed by atoms with van der Waals surface area (Å²) in [5, 5.41) is 16.8. The minimum atomic E-state index is -0.710. The van der Waals surface area contributed by atoms with Crippen LogP contribution in [0.4, 0.5) is 5.82 Å². The molecule has 0 spiro atoms. The summed E-state index contributed by atoms with van der Waals surface area (Å²) in [6, 6.07) is 3.93. The fourth-order valence-corrected chi connectivity index (χ4v) is 2.16. The highest BCUT2D eigenvalue weighted by Gasteiger charge is 2.23. The molecule has 0 amide bonds. The summed E-state index contributed by atoms with van der Waals surface area (Å²) >= 11 is 0. The Morgan fingerprint density at radius 1 is 1.53 bits per heavy atom. The Labute approximate surface area is 100 Å². The van der Waals surface area contributed by atoms with E-state index < -0.39 is 5.97 Å². The Morgan fingerprint density at radius 3 is 3.00 bits per heavy atom. The van der Waals surface area contributed by atoms with Gasteiger partial charge >= 0.3 is 5.97 Å². The van der Waals surface area contributed by atoms with Crippen LogP contribution in [-0.2, 0) is 4.79 Å². The van der Waals surface area contributed by atoms with Crippen LogP contribution in [0.2, 0.25) is 0 Å². The molecule has 17 heavy (non-hydrogen) atoms. The minimum Gasteiger partial charge on any atom is -0.481 e. The molecule has 1 saturated heterocycles. The van der Waals surface area contributed by atoms with E-state index in [1.165, 1.54) is 0 Å². The van der Waals surface area contributed by atoms with Gasteiger partial charge in [0.05, 0.1) is 5.69 Å². The average molecular weight is 235 g/mol. The van der Waals surface area contributed by atoms with Gasteiger partial charge in [-0.1, -0.05) is 0 Å². The Balaban J connectivity index is 1.89. The average Bonchev–Trinajstić information content (AvgIpc) is 2.76. The molecular formula is C12H17N3O2. The maximum absolute atomic E-state index is 10.5. The number of anilines is 1. The van der Waals surface area contributed by atoms with E-state index in [1.54, 1.807) is 0 Å². The van der Waals surface area contributed by atoms with E-state index in [4.69, 9.17) is 5.11 Å². The topological polar surface area (TPSA) is 66.3 Å². The summed E-state index contributed by atoms with van der Waals surface area (Å²) in [5.74, 6) is 0.654. The molecule has 1 unspecified atom stereocenters. The van der Waals surface area contributed by atoms with Crippen molar-refractivity contribution in [1.82, 2.24) is 10.2 Å². The zero-order valence-corrected chi connectivity index (χ0v) is 9.96. The smallest absolute Gasteiger partial charge is 0.303 e. The first-order valence-corrected chi connectivity index (χ1v) is 5.92. The number of aryl methyl sites for hydroxylation is 1. The number of carboxylic acids is 1. The van der Waals surface area contributed by atoms with Crippen molar-refractivity contribution in [3.63, 3.8) is 0 Å². The molecular weight excluding hydrogens is 218 g/mol. The Morgan fingerprint density at radius 2 is 2.35 bits per heavy atom. The molecule has 5 nitrogen and oxygen atoms in total. The van der Waals surface area contributed by atoms with E-state index in [0.717, 1.165) is 37.4 Å². The van der Waals surface area contributed by atoms with Gasteiger partial charge in [0, 0.05) is 19.5 Å². The lowest BCUT2D eigenvalue weighted by atomic mass is 10.0. The molecule has 1 atom stereocenters. The first kappa shape index (κ1) is 11.8. The first-order valence-electron chi connectivity index (χ1n) is 5.92. The van der Waals surface area contributed by atoms with Crippen LogP contribution >= 0.6 is 0 Å². The fraction of sp³-hybridized carbons (Fsp3) is 0.583. The lowest BCUT2D eigenvalue weighted by Gasteiger charge is -2.16. The molecule has 0 bridgehead atoms. The summed E-state index contributed by atoms with van der Waals surface area (Å²) in [4.78, 5) is 12.7. The number of hydrogen-bond donors (Lipinski definition) is 1. The van der Waals surface area contributed by atoms with Crippen molar-refractivity contribution in [3.8, 4) is 0 Å². The molecule has 92 valence electrons. The van der Waals surface area contributed by atoms with Crippen LogP contribution in [0.3, 0.4) is 0 Å². The summed E-state index contributed by atoms with van der Waals surface area (Å²) in [5.41, 5.74) is 0.912. The van der Waals surface area contributed by atoms with Crippen LogP contribution in [0.15, 0.2) is 12.1 Å². The zero-order chi connectivity index (χ0) is 12.3. The second-order valence-electron chi connectivity index (χ2n) is 4.57. The molecule has 5 heteroatoms. The van der Waals surface area contributed by atoms with Crippen LogP contribution in [0.1, 0.15) is 25.0 Å². The van der Waals surface area contributed by atoms with Crippen LogP contribution in [-0.4, -0.2) is 34.4 Å². The molecule has 0 aromatic carbocycles. The van der Waals surface area contributed by atoms with Gasteiger partial charge in [-0.25, -0.2) is 0 Å². The molecule has 0 radical (unpaired) electrons. The van der Waals surface area contributed by atoms with Crippen molar-refractivity contribution >= 4 is 11.8 Å². The quantitative estimate of drug-likeness (QED) is 0.856. The second-order valence-corrected chi connectivity index (χ2v) is 4.57. The SMILES string of the molecule is Cc1ccc(N2CCC(CCC(=O)O)C2)nn1. The van der Waals surface area contributed by atoms with Gasteiger partial charge in [0.2, 0.25) is 0 Å². The molecule has 2 heterocycles. The number of aliphatic carboxylic acids is 1. The number of rotatable bonds is 4. The van der Waals surface area contributed by atoms with Crippen molar-refractivity contribution in [1.29, 1.82) is 0 Å². The Bertz CT molecular complexity index is 391. The molecule has 1 aromatic heterocycles. The van der Waals surface area contributed by atoms with Crippen LogP contribution in [0.5, 0.6) is 0 Å². The van der Waals surface area contributed by atoms with E-state index in [0.29, 0.717) is 5.92 Å². The molecule has 0 aliphatic carbocycles. The molecule has 0 saturated carbocycles. The third kappa shape index (κ3) is 3.15. The maximum Gasteiger partial charge on any atom is 0.303 e. The third-order valence-electron chi connectivity index (χ3n) is 3.16. The summed E-state index contributed by atoms with van der Waals surface area (Å²) in [7, 11) is 0. The molecule has 1 aromatic rings. The number of hydrogen-bond acceptors (Lipinski definition) is 4. The monoisotopic (exact) mass is 235 g/mol. The van der Waals surface area contributed by atoms with Gasteiger partial charge in [0.15, 0.2) is 5.82 Å². The number of nitrogens with zero attached hydrogens (tertiary/aromatic N) is 3. The van der Waals surface area contributed by atoms with Crippen LogP contribution < -0.4 is 4.90 Å². The molecule has 1 N–H and O–H groups in total. The highest BCUT2D eigenvalue weighted by atomic mass is 16.4. The van der Waals surface area contributed by atoms with Gasteiger partial charge in [-0.15, -0.1) is 5.10 Å².